The second-order valence-corrected chi connectivity index (χ2v) is 9.08. The highest BCUT2D eigenvalue weighted by Gasteiger charge is 2.18. The first-order chi connectivity index (χ1) is 15.4. The van der Waals surface area contributed by atoms with Gasteiger partial charge in [-0.15, -0.1) is 10.2 Å². The molecular formula is C24H20Cl2N4OS. The Hall–Kier alpha value is -2.80. The molecule has 1 heterocycles. The van der Waals surface area contributed by atoms with Gasteiger partial charge < -0.3 is 5.32 Å². The third kappa shape index (κ3) is 5.15. The number of thioether (sulfide) groups is 1. The Labute approximate surface area is 200 Å². The number of aromatic nitrogens is 3. The van der Waals surface area contributed by atoms with E-state index >= 15 is 0 Å². The largest absolute Gasteiger partial charge is 0.325 e. The minimum atomic E-state index is -0.139. The maximum atomic E-state index is 12.5. The Morgan fingerprint density at radius 3 is 2.22 bits per heavy atom. The smallest absolute Gasteiger partial charge is 0.234 e. The lowest BCUT2D eigenvalue weighted by Gasteiger charge is -2.12. The quantitative estimate of drug-likeness (QED) is 0.315. The van der Waals surface area contributed by atoms with Gasteiger partial charge in [0.2, 0.25) is 5.91 Å². The van der Waals surface area contributed by atoms with Crippen molar-refractivity contribution in [3.63, 3.8) is 0 Å². The zero-order chi connectivity index (χ0) is 22.7. The first kappa shape index (κ1) is 22.4. The van der Waals surface area contributed by atoms with E-state index in [1.54, 1.807) is 24.3 Å². The fraction of sp³-hybridized carbons (Fsp3) is 0.125. The third-order valence-corrected chi connectivity index (χ3v) is 6.38. The molecule has 0 aliphatic rings. The second kappa shape index (κ2) is 9.77. The zero-order valence-electron chi connectivity index (χ0n) is 17.5. The van der Waals surface area contributed by atoms with E-state index < -0.39 is 0 Å². The topological polar surface area (TPSA) is 59.8 Å². The van der Waals surface area contributed by atoms with Crippen molar-refractivity contribution in [3.8, 4) is 17.1 Å². The van der Waals surface area contributed by atoms with Crippen LogP contribution in [0.2, 0.25) is 10.0 Å². The molecule has 1 N–H and O–H groups in total. The van der Waals surface area contributed by atoms with Crippen LogP contribution in [0, 0.1) is 13.8 Å². The van der Waals surface area contributed by atoms with E-state index in [1.807, 2.05) is 34.9 Å². The SMILES string of the molecule is Cc1ccc(-n2c(SCC(=O)Nc3ccc(Cl)cc3)nnc2-c2ccc(Cl)cc2)cc1C. The number of carbonyl (C=O) groups excluding carboxylic acids is 1. The summed E-state index contributed by atoms with van der Waals surface area (Å²) < 4.78 is 1.97. The van der Waals surface area contributed by atoms with E-state index in [0.29, 0.717) is 26.7 Å². The van der Waals surface area contributed by atoms with E-state index in [1.165, 1.54) is 17.3 Å². The lowest BCUT2D eigenvalue weighted by molar-refractivity contribution is -0.113. The fourth-order valence-electron chi connectivity index (χ4n) is 3.11. The monoisotopic (exact) mass is 482 g/mol. The molecule has 4 rings (SSSR count). The highest BCUT2D eigenvalue weighted by atomic mass is 35.5. The van der Waals surface area contributed by atoms with Crippen LogP contribution in [0.3, 0.4) is 0 Å². The standard InChI is InChI=1S/C24H20Cl2N4OS/c1-15-3-12-21(13-16(15)2)30-23(17-4-6-18(25)7-5-17)28-29-24(30)32-14-22(31)27-20-10-8-19(26)9-11-20/h3-13H,14H2,1-2H3,(H,27,31). The van der Waals surface area contributed by atoms with E-state index in [9.17, 15) is 4.79 Å². The summed E-state index contributed by atoms with van der Waals surface area (Å²) in [5.41, 5.74) is 4.87. The average Bonchev–Trinajstić information content (AvgIpc) is 3.20. The Bertz CT molecular complexity index is 1250. The highest BCUT2D eigenvalue weighted by molar-refractivity contribution is 7.99. The van der Waals surface area contributed by atoms with Crippen molar-refractivity contribution in [3.05, 3.63) is 87.9 Å². The van der Waals surface area contributed by atoms with Crippen molar-refractivity contribution >= 4 is 46.6 Å². The minimum absolute atomic E-state index is 0.139. The van der Waals surface area contributed by atoms with Crippen LogP contribution in [-0.2, 0) is 4.79 Å². The second-order valence-electron chi connectivity index (χ2n) is 7.26. The predicted molar refractivity (Wildman–Crippen MR) is 132 cm³/mol. The molecule has 0 radical (unpaired) electrons. The van der Waals surface area contributed by atoms with Crippen LogP contribution in [0.1, 0.15) is 11.1 Å². The van der Waals surface area contributed by atoms with Crippen LogP contribution >= 0.6 is 35.0 Å². The number of amides is 1. The van der Waals surface area contributed by atoms with Gasteiger partial charge in [-0.25, -0.2) is 0 Å². The van der Waals surface area contributed by atoms with E-state index in [-0.39, 0.29) is 11.7 Å². The van der Waals surface area contributed by atoms with Crippen molar-refractivity contribution in [2.45, 2.75) is 19.0 Å². The molecule has 8 heteroatoms. The summed E-state index contributed by atoms with van der Waals surface area (Å²) in [6, 6.07) is 20.7. The number of aryl methyl sites for hydroxylation is 2. The van der Waals surface area contributed by atoms with Gasteiger partial charge in [-0.2, -0.15) is 0 Å². The van der Waals surface area contributed by atoms with Crippen LogP contribution in [0.5, 0.6) is 0 Å². The Kier molecular flexibility index (Phi) is 6.84. The Balaban J connectivity index is 1.62. The van der Waals surface area contributed by atoms with Gasteiger partial charge in [0.1, 0.15) is 0 Å². The number of anilines is 1. The van der Waals surface area contributed by atoms with Crippen LogP contribution in [0.4, 0.5) is 5.69 Å². The molecule has 0 saturated carbocycles. The molecule has 1 amide bonds. The van der Waals surface area contributed by atoms with Crippen molar-refractivity contribution in [2.24, 2.45) is 0 Å². The number of hydrogen-bond acceptors (Lipinski definition) is 4. The van der Waals surface area contributed by atoms with Gasteiger partial charge in [-0.1, -0.05) is 41.0 Å². The molecule has 1 aromatic heterocycles. The van der Waals surface area contributed by atoms with Gasteiger partial charge in [-0.3, -0.25) is 9.36 Å². The summed E-state index contributed by atoms with van der Waals surface area (Å²) in [7, 11) is 0. The van der Waals surface area contributed by atoms with Gasteiger partial charge in [-0.05, 0) is 85.6 Å². The normalized spacial score (nSPS) is 10.9. The molecule has 0 aliphatic carbocycles. The van der Waals surface area contributed by atoms with E-state index in [4.69, 9.17) is 23.2 Å². The number of halogens is 2. The maximum Gasteiger partial charge on any atom is 0.234 e. The summed E-state index contributed by atoms with van der Waals surface area (Å²) in [5, 5.41) is 13.6. The molecular weight excluding hydrogens is 463 g/mol. The van der Waals surface area contributed by atoms with Crippen molar-refractivity contribution in [1.29, 1.82) is 0 Å². The molecule has 32 heavy (non-hydrogen) atoms. The number of nitrogens with one attached hydrogen (secondary N) is 1. The van der Waals surface area contributed by atoms with Crippen LogP contribution in [0.25, 0.3) is 17.1 Å². The third-order valence-electron chi connectivity index (χ3n) is 4.94. The van der Waals surface area contributed by atoms with Crippen LogP contribution in [0.15, 0.2) is 71.9 Å². The molecule has 0 aliphatic heterocycles. The van der Waals surface area contributed by atoms with Crippen molar-refractivity contribution in [2.75, 3.05) is 11.1 Å². The van der Waals surface area contributed by atoms with Gasteiger partial charge in [0.25, 0.3) is 0 Å². The number of benzene rings is 3. The lowest BCUT2D eigenvalue weighted by Crippen LogP contribution is -2.14. The van der Waals surface area contributed by atoms with Crippen LogP contribution in [-0.4, -0.2) is 26.4 Å². The Morgan fingerprint density at radius 2 is 1.56 bits per heavy atom. The summed E-state index contributed by atoms with van der Waals surface area (Å²) in [4.78, 5) is 12.5. The molecule has 0 bridgehead atoms. The molecule has 0 unspecified atom stereocenters. The van der Waals surface area contributed by atoms with Gasteiger partial charge in [0.15, 0.2) is 11.0 Å². The molecule has 5 nitrogen and oxygen atoms in total. The Morgan fingerprint density at radius 1 is 0.906 bits per heavy atom. The molecule has 0 fully saturated rings. The molecule has 0 spiro atoms. The molecule has 0 atom stereocenters. The maximum absolute atomic E-state index is 12.5. The highest BCUT2D eigenvalue weighted by Crippen LogP contribution is 2.29. The molecule has 0 saturated heterocycles. The predicted octanol–water partition coefficient (Wildman–Crippen LogP) is 6.59. The lowest BCUT2D eigenvalue weighted by atomic mass is 10.1. The number of rotatable bonds is 6. The van der Waals surface area contributed by atoms with Gasteiger partial charge >= 0.3 is 0 Å². The summed E-state index contributed by atoms with van der Waals surface area (Å²) in [5.74, 6) is 0.734. The first-order valence-electron chi connectivity index (χ1n) is 9.88. The minimum Gasteiger partial charge on any atom is -0.325 e. The summed E-state index contributed by atoms with van der Waals surface area (Å²) in [6.07, 6.45) is 0. The van der Waals surface area contributed by atoms with Crippen molar-refractivity contribution in [1.82, 2.24) is 14.8 Å². The van der Waals surface area contributed by atoms with Crippen LogP contribution < -0.4 is 5.32 Å². The number of hydrogen-bond donors (Lipinski definition) is 1. The molecule has 3 aromatic carbocycles. The number of carbonyl (C=O) groups is 1. The van der Waals surface area contributed by atoms with Gasteiger partial charge in [0.05, 0.1) is 11.4 Å². The fourth-order valence-corrected chi connectivity index (χ4v) is 4.11. The zero-order valence-corrected chi connectivity index (χ0v) is 19.8. The first-order valence-corrected chi connectivity index (χ1v) is 11.6. The van der Waals surface area contributed by atoms with Crippen molar-refractivity contribution < 1.29 is 4.79 Å². The summed E-state index contributed by atoms with van der Waals surface area (Å²) >= 11 is 13.3. The molecule has 162 valence electrons. The molecule has 4 aromatic rings. The summed E-state index contributed by atoms with van der Waals surface area (Å²) in [6.45, 7) is 4.14. The van der Waals surface area contributed by atoms with E-state index in [0.717, 1.165) is 16.8 Å². The average molecular weight is 483 g/mol. The van der Waals surface area contributed by atoms with E-state index in [2.05, 4.69) is 41.5 Å². The number of nitrogens with zero attached hydrogens (tertiary/aromatic N) is 3. The van der Waals surface area contributed by atoms with Gasteiger partial charge in [0, 0.05) is 21.3 Å².